The molecule has 3 aliphatic rings. The third kappa shape index (κ3) is 3.53. The van der Waals surface area contributed by atoms with Gasteiger partial charge in [-0.15, -0.1) is 0 Å². The highest BCUT2D eigenvalue weighted by Gasteiger charge is 2.54. The average molecular weight is 437 g/mol. The second-order valence-corrected chi connectivity index (χ2v) is 9.36. The second-order valence-electron chi connectivity index (χ2n) is 8.44. The van der Waals surface area contributed by atoms with Gasteiger partial charge in [0.15, 0.2) is 0 Å². The summed E-state index contributed by atoms with van der Waals surface area (Å²) in [6.07, 6.45) is 3.94. The van der Waals surface area contributed by atoms with Gasteiger partial charge in [-0.25, -0.2) is 15.1 Å². The average Bonchev–Trinajstić information content (AvgIpc) is 2.99. The first kappa shape index (κ1) is 18.6. The monoisotopic (exact) mass is 436 g/mol. The highest BCUT2D eigenvalue weighted by Crippen LogP contribution is 2.52. The summed E-state index contributed by atoms with van der Waals surface area (Å²) in [5.41, 5.74) is -0.0979. The third-order valence-corrected chi connectivity index (χ3v) is 5.83. The van der Waals surface area contributed by atoms with Crippen LogP contribution in [0.1, 0.15) is 52.0 Å². The maximum atomic E-state index is 12.1. The number of amides is 1. The van der Waals surface area contributed by atoms with Crippen LogP contribution < -0.4 is 10.1 Å². The molecule has 3 atom stereocenters. The van der Waals surface area contributed by atoms with Crippen molar-refractivity contribution in [1.29, 1.82) is 0 Å². The molecule has 0 aromatic heterocycles. The van der Waals surface area contributed by atoms with Gasteiger partial charge in [-0.3, -0.25) is 0 Å². The standard InChI is InChI=1S/C20H25BrN2O4/c1-19(2,3)27-18(24)22-17-23-20(11-25-17)13-6-4-5-7-15(13)26-16-9-8-12(21)10-14(16)20/h8-10,13,15H,4-7,11H2,1-3H3,(H,22,23,24). The molecule has 4 rings (SSSR count). The van der Waals surface area contributed by atoms with E-state index in [2.05, 4.69) is 27.3 Å². The van der Waals surface area contributed by atoms with Crippen molar-refractivity contribution in [3.8, 4) is 5.75 Å². The molecule has 1 aromatic rings. The lowest BCUT2D eigenvalue weighted by molar-refractivity contribution is 0.00714. The molecule has 7 heteroatoms. The Labute approximate surface area is 167 Å². The minimum Gasteiger partial charge on any atom is -0.490 e. The zero-order valence-corrected chi connectivity index (χ0v) is 17.5. The van der Waals surface area contributed by atoms with Crippen molar-refractivity contribution < 1.29 is 19.0 Å². The van der Waals surface area contributed by atoms with E-state index < -0.39 is 17.2 Å². The van der Waals surface area contributed by atoms with Crippen molar-refractivity contribution in [3.63, 3.8) is 0 Å². The maximum absolute atomic E-state index is 12.1. The van der Waals surface area contributed by atoms with Crippen LogP contribution in [0.5, 0.6) is 5.75 Å². The van der Waals surface area contributed by atoms with Crippen molar-refractivity contribution in [2.24, 2.45) is 10.9 Å². The molecule has 1 saturated carbocycles. The van der Waals surface area contributed by atoms with Gasteiger partial charge in [0.25, 0.3) is 6.02 Å². The number of fused-ring (bicyclic) bond motifs is 4. The van der Waals surface area contributed by atoms with Gasteiger partial charge < -0.3 is 14.2 Å². The van der Waals surface area contributed by atoms with Crippen LogP contribution in [0.2, 0.25) is 0 Å². The third-order valence-electron chi connectivity index (χ3n) is 5.34. The number of nitrogens with one attached hydrogen (secondary N) is 1. The largest absolute Gasteiger partial charge is 0.490 e. The van der Waals surface area contributed by atoms with Crippen LogP contribution in [-0.2, 0) is 15.0 Å². The summed E-state index contributed by atoms with van der Waals surface area (Å²) in [5, 5.41) is 2.66. The molecule has 146 valence electrons. The zero-order valence-electron chi connectivity index (χ0n) is 15.9. The molecule has 6 nitrogen and oxygen atoms in total. The number of rotatable bonds is 0. The maximum Gasteiger partial charge on any atom is 0.415 e. The van der Waals surface area contributed by atoms with Gasteiger partial charge >= 0.3 is 6.09 Å². The van der Waals surface area contributed by atoms with E-state index in [-0.39, 0.29) is 18.0 Å². The molecular formula is C20H25BrN2O4. The summed E-state index contributed by atoms with van der Waals surface area (Å²) in [6, 6.07) is 6.25. The van der Waals surface area contributed by atoms with E-state index in [0.29, 0.717) is 6.61 Å². The SMILES string of the molecule is CC(C)(C)OC(=O)NC1=NC2(CO1)c1cc(Br)ccc1OC1CCCCC12. The molecule has 1 N–H and O–H groups in total. The van der Waals surface area contributed by atoms with E-state index in [4.69, 9.17) is 19.2 Å². The molecule has 27 heavy (non-hydrogen) atoms. The van der Waals surface area contributed by atoms with E-state index in [9.17, 15) is 4.79 Å². The van der Waals surface area contributed by atoms with E-state index >= 15 is 0 Å². The molecular weight excluding hydrogens is 412 g/mol. The Morgan fingerprint density at radius 1 is 1.33 bits per heavy atom. The summed E-state index contributed by atoms with van der Waals surface area (Å²) in [4.78, 5) is 17.0. The fourth-order valence-electron chi connectivity index (χ4n) is 4.30. The van der Waals surface area contributed by atoms with Crippen molar-refractivity contribution in [2.45, 2.75) is 63.7 Å². The predicted octanol–water partition coefficient (Wildman–Crippen LogP) is 4.51. The molecule has 1 spiro atoms. The molecule has 1 aliphatic carbocycles. The molecule has 2 aliphatic heterocycles. The Kier molecular flexibility index (Phi) is 4.61. The van der Waals surface area contributed by atoms with Crippen LogP contribution in [0.3, 0.4) is 0 Å². The van der Waals surface area contributed by atoms with Gasteiger partial charge in [0.05, 0.1) is 0 Å². The van der Waals surface area contributed by atoms with Gasteiger partial charge in [-0.2, -0.15) is 0 Å². The summed E-state index contributed by atoms with van der Waals surface area (Å²) < 4.78 is 18.4. The number of carbonyl (C=O) groups is 1. The molecule has 0 radical (unpaired) electrons. The van der Waals surface area contributed by atoms with Crippen LogP contribution >= 0.6 is 15.9 Å². The topological polar surface area (TPSA) is 69.2 Å². The normalized spacial score (nSPS) is 29.1. The summed E-state index contributed by atoms with van der Waals surface area (Å²) in [5.74, 6) is 1.08. The number of hydrogen-bond donors (Lipinski definition) is 1. The number of carbonyl (C=O) groups excluding carboxylic acids is 1. The van der Waals surface area contributed by atoms with Crippen LogP contribution in [-0.4, -0.2) is 30.4 Å². The molecule has 0 bridgehead atoms. The Morgan fingerprint density at radius 3 is 2.89 bits per heavy atom. The van der Waals surface area contributed by atoms with Crippen LogP contribution in [0.15, 0.2) is 27.7 Å². The quantitative estimate of drug-likeness (QED) is 0.649. The first-order valence-corrected chi connectivity index (χ1v) is 10.3. The Bertz CT molecular complexity index is 789. The first-order valence-electron chi connectivity index (χ1n) is 9.46. The molecule has 2 heterocycles. The Hall–Kier alpha value is -1.76. The van der Waals surface area contributed by atoms with Crippen LogP contribution in [0.25, 0.3) is 0 Å². The van der Waals surface area contributed by atoms with E-state index in [1.807, 2.05) is 32.9 Å². The first-order chi connectivity index (χ1) is 12.8. The van der Waals surface area contributed by atoms with Crippen LogP contribution in [0, 0.1) is 5.92 Å². The van der Waals surface area contributed by atoms with Gasteiger partial charge in [0.2, 0.25) is 0 Å². The van der Waals surface area contributed by atoms with Gasteiger partial charge in [-0.1, -0.05) is 22.4 Å². The van der Waals surface area contributed by atoms with Crippen LogP contribution in [0.4, 0.5) is 4.79 Å². The summed E-state index contributed by atoms with van der Waals surface area (Å²) >= 11 is 3.56. The number of aliphatic imine (C=N–C) groups is 1. The molecule has 1 amide bonds. The fourth-order valence-corrected chi connectivity index (χ4v) is 4.66. The lowest BCUT2D eigenvalue weighted by atomic mass is 9.68. The number of nitrogens with zero attached hydrogens (tertiary/aromatic N) is 1. The van der Waals surface area contributed by atoms with E-state index in [1.165, 1.54) is 0 Å². The van der Waals surface area contributed by atoms with Gasteiger partial charge in [0.1, 0.15) is 29.6 Å². The molecule has 0 saturated heterocycles. The minimum absolute atomic E-state index is 0.126. The zero-order chi connectivity index (χ0) is 19.2. The summed E-state index contributed by atoms with van der Waals surface area (Å²) in [6.45, 7) is 5.87. The lowest BCUT2D eigenvalue weighted by Crippen LogP contribution is -2.49. The summed E-state index contributed by atoms with van der Waals surface area (Å²) in [7, 11) is 0. The van der Waals surface area contributed by atoms with Crippen molar-refractivity contribution >= 4 is 28.0 Å². The highest BCUT2D eigenvalue weighted by atomic mass is 79.9. The number of benzene rings is 1. The van der Waals surface area contributed by atoms with Gasteiger partial charge in [-0.05, 0) is 58.2 Å². The predicted molar refractivity (Wildman–Crippen MR) is 105 cm³/mol. The van der Waals surface area contributed by atoms with Gasteiger partial charge in [0, 0.05) is 16.0 Å². The van der Waals surface area contributed by atoms with Crippen molar-refractivity contribution in [1.82, 2.24) is 5.32 Å². The Morgan fingerprint density at radius 2 is 2.11 bits per heavy atom. The van der Waals surface area contributed by atoms with Crippen molar-refractivity contribution in [3.05, 3.63) is 28.2 Å². The van der Waals surface area contributed by atoms with E-state index in [1.54, 1.807) is 0 Å². The second kappa shape index (κ2) is 6.69. The fraction of sp³-hybridized carbons (Fsp3) is 0.600. The minimum atomic E-state index is -0.578. The smallest absolute Gasteiger partial charge is 0.415 e. The number of amidine groups is 1. The number of ether oxygens (including phenoxy) is 3. The molecule has 1 fully saturated rings. The van der Waals surface area contributed by atoms with Crippen molar-refractivity contribution in [2.75, 3.05) is 6.61 Å². The van der Waals surface area contributed by atoms with E-state index in [0.717, 1.165) is 41.5 Å². The number of halogens is 1. The Balaban J connectivity index is 1.68. The molecule has 3 unspecified atom stereocenters. The highest BCUT2D eigenvalue weighted by molar-refractivity contribution is 9.10. The number of alkyl carbamates (subject to hydrolysis) is 1. The number of hydrogen-bond acceptors (Lipinski definition) is 5. The molecule has 1 aromatic carbocycles. The lowest BCUT2D eigenvalue weighted by Gasteiger charge is -2.46.